The molecular formula is C16H18INO. The molecule has 1 unspecified atom stereocenters. The van der Waals surface area contributed by atoms with Crippen LogP contribution in [0.2, 0.25) is 0 Å². The third-order valence-corrected chi connectivity index (χ3v) is 4.00. The molecule has 0 amide bonds. The van der Waals surface area contributed by atoms with E-state index in [2.05, 4.69) is 71.2 Å². The van der Waals surface area contributed by atoms with Gasteiger partial charge in [-0.15, -0.1) is 0 Å². The monoisotopic (exact) mass is 367 g/mol. The number of aryl methyl sites for hydroxylation is 1. The molecule has 0 radical (unpaired) electrons. The lowest BCUT2D eigenvalue weighted by molar-refractivity contribution is 0.414. The molecule has 0 spiro atoms. The van der Waals surface area contributed by atoms with Crippen LogP contribution in [-0.2, 0) is 0 Å². The van der Waals surface area contributed by atoms with Gasteiger partial charge in [0, 0.05) is 3.57 Å². The highest BCUT2D eigenvalue weighted by Gasteiger charge is 2.14. The predicted octanol–water partition coefficient (Wildman–Crippen LogP) is 3.92. The molecule has 0 saturated heterocycles. The molecule has 0 bridgehead atoms. The molecule has 0 heterocycles. The van der Waals surface area contributed by atoms with Crippen LogP contribution >= 0.6 is 22.6 Å². The van der Waals surface area contributed by atoms with Crippen LogP contribution in [0.1, 0.15) is 22.7 Å². The van der Waals surface area contributed by atoms with Crippen molar-refractivity contribution < 1.29 is 4.74 Å². The number of nitrogens with one attached hydrogen (secondary N) is 1. The van der Waals surface area contributed by atoms with Crippen LogP contribution in [0.3, 0.4) is 0 Å². The van der Waals surface area contributed by atoms with Crippen LogP contribution < -0.4 is 10.1 Å². The SMILES string of the molecule is CNC(c1ccc(I)cc1)c1ccc(OC)cc1C. The molecule has 2 rings (SSSR count). The number of hydrogen-bond acceptors (Lipinski definition) is 2. The van der Waals surface area contributed by atoms with Crippen molar-refractivity contribution in [3.8, 4) is 5.75 Å². The Morgan fingerprint density at radius 3 is 2.32 bits per heavy atom. The molecule has 2 aromatic carbocycles. The highest BCUT2D eigenvalue weighted by Crippen LogP contribution is 2.27. The summed E-state index contributed by atoms with van der Waals surface area (Å²) in [6.07, 6.45) is 0. The van der Waals surface area contributed by atoms with Gasteiger partial charge < -0.3 is 10.1 Å². The Labute approximate surface area is 128 Å². The van der Waals surface area contributed by atoms with Crippen LogP contribution in [0.25, 0.3) is 0 Å². The topological polar surface area (TPSA) is 21.3 Å². The van der Waals surface area contributed by atoms with Crippen molar-refractivity contribution in [3.05, 3.63) is 62.7 Å². The van der Waals surface area contributed by atoms with Gasteiger partial charge in [-0.3, -0.25) is 0 Å². The second-order valence-electron chi connectivity index (χ2n) is 4.50. The summed E-state index contributed by atoms with van der Waals surface area (Å²) >= 11 is 2.33. The first-order chi connectivity index (χ1) is 9.15. The fourth-order valence-corrected chi connectivity index (χ4v) is 2.62. The van der Waals surface area contributed by atoms with E-state index in [0.717, 1.165) is 5.75 Å². The molecule has 0 fully saturated rings. The van der Waals surface area contributed by atoms with Crippen molar-refractivity contribution >= 4 is 22.6 Å². The molecule has 0 aromatic heterocycles. The number of benzene rings is 2. The molecule has 0 aliphatic carbocycles. The summed E-state index contributed by atoms with van der Waals surface area (Å²) in [6, 6.07) is 15.1. The summed E-state index contributed by atoms with van der Waals surface area (Å²) in [6.45, 7) is 2.12. The van der Waals surface area contributed by atoms with E-state index in [-0.39, 0.29) is 6.04 Å². The molecule has 100 valence electrons. The molecule has 3 heteroatoms. The molecule has 1 atom stereocenters. The van der Waals surface area contributed by atoms with E-state index in [1.165, 1.54) is 20.3 Å². The molecule has 0 aliphatic rings. The normalized spacial score (nSPS) is 12.2. The lowest BCUT2D eigenvalue weighted by Gasteiger charge is -2.20. The van der Waals surface area contributed by atoms with Crippen molar-refractivity contribution in [2.24, 2.45) is 0 Å². The van der Waals surface area contributed by atoms with Crippen molar-refractivity contribution in [3.63, 3.8) is 0 Å². The number of halogens is 1. The molecule has 2 aromatic rings. The van der Waals surface area contributed by atoms with Gasteiger partial charge in [0.15, 0.2) is 0 Å². The van der Waals surface area contributed by atoms with Crippen molar-refractivity contribution in [2.45, 2.75) is 13.0 Å². The molecule has 1 N–H and O–H groups in total. The van der Waals surface area contributed by atoms with Gasteiger partial charge in [-0.25, -0.2) is 0 Å². The quantitative estimate of drug-likeness (QED) is 0.828. The van der Waals surface area contributed by atoms with E-state index in [0.29, 0.717) is 0 Å². The third-order valence-electron chi connectivity index (χ3n) is 3.28. The molecule has 19 heavy (non-hydrogen) atoms. The number of methoxy groups -OCH3 is 1. The van der Waals surface area contributed by atoms with Crippen molar-refractivity contribution in [2.75, 3.05) is 14.2 Å². The van der Waals surface area contributed by atoms with E-state index in [1.807, 2.05) is 13.1 Å². The lowest BCUT2D eigenvalue weighted by Crippen LogP contribution is -2.18. The lowest BCUT2D eigenvalue weighted by atomic mass is 9.95. The Morgan fingerprint density at radius 1 is 1.11 bits per heavy atom. The average molecular weight is 367 g/mol. The maximum absolute atomic E-state index is 5.26. The number of hydrogen-bond donors (Lipinski definition) is 1. The standard InChI is InChI=1S/C16H18INO/c1-11-10-14(19-3)8-9-15(11)16(18-2)12-4-6-13(17)7-5-12/h4-10,16,18H,1-3H3. The minimum absolute atomic E-state index is 0.211. The maximum Gasteiger partial charge on any atom is 0.119 e. The molecular weight excluding hydrogens is 349 g/mol. The Hall–Kier alpha value is -1.07. The van der Waals surface area contributed by atoms with Crippen LogP contribution in [0.15, 0.2) is 42.5 Å². The van der Waals surface area contributed by atoms with Gasteiger partial charge in [0.1, 0.15) is 5.75 Å². The zero-order valence-electron chi connectivity index (χ0n) is 11.4. The maximum atomic E-state index is 5.26. The van der Waals surface area contributed by atoms with Crippen LogP contribution in [0.4, 0.5) is 0 Å². The van der Waals surface area contributed by atoms with E-state index in [9.17, 15) is 0 Å². The van der Waals surface area contributed by atoms with Crippen LogP contribution in [0.5, 0.6) is 5.75 Å². The largest absolute Gasteiger partial charge is 0.497 e. The second-order valence-corrected chi connectivity index (χ2v) is 5.74. The molecule has 0 aliphatic heterocycles. The highest BCUT2D eigenvalue weighted by molar-refractivity contribution is 14.1. The fourth-order valence-electron chi connectivity index (χ4n) is 2.26. The van der Waals surface area contributed by atoms with Gasteiger partial charge in [-0.2, -0.15) is 0 Å². The summed E-state index contributed by atoms with van der Waals surface area (Å²) in [5, 5.41) is 3.39. The molecule has 0 saturated carbocycles. The average Bonchev–Trinajstić information content (AvgIpc) is 2.43. The summed E-state index contributed by atoms with van der Waals surface area (Å²) < 4.78 is 6.52. The molecule has 2 nitrogen and oxygen atoms in total. The summed E-state index contributed by atoms with van der Waals surface area (Å²) in [7, 11) is 3.69. The zero-order chi connectivity index (χ0) is 13.8. The van der Waals surface area contributed by atoms with Crippen LogP contribution in [0, 0.1) is 10.5 Å². The first kappa shape index (κ1) is 14.3. The summed E-state index contributed by atoms with van der Waals surface area (Å²) in [5.41, 5.74) is 3.79. The van der Waals surface area contributed by atoms with Crippen molar-refractivity contribution in [1.29, 1.82) is 0 Å². The van der Waals surface area contributed by atoms with Gasteiger partial charge in [-0.05, 0) is 77.5 Å². The van der Waals surface area contributed by atoms with Gasteiger partial charge in [0.2, 0.25) is 0 Å². The predicted molar refractivity (Wildman–Crippen MR) is 87.8 cm³/mol. The van der Waals surface area contributed by atoms with E-state index in [4.69, 9.17) is 4.74 Å². The third kappa shape index (κ3) is 3.28. The fraction of sp³-hybridized carbons (Fsp3) is 0.250. The van der Waals surface area contributed by atoms with Gasteiger partial charge in [-0.1, -0.05) is 18.2 Å². The second kappa shape index (κ2) is 6.39. The summed E-state index contributed by atoms with van der Waals surface area (Å²) in [4.78, 5) is 0. The first-order valence-electron chi connectivity index (χ1n) is 6.23. The van der Waals surface area contributed by atoms with E-state index < -0.39 is 0 Å². The Morgan fingerprint density at radius 2 is 1.79 bits per heavy atom. The Balaban J connectivity index is 2.39. The minimum Gasteiger partial charge on any atom is -0.497 e. The Kier molecular flexibility index (Phi) is 4.82. The van der Waals surface area contributed by atoms with Gasteiger partial charge in [0.25, 0.3) is 0 Å². The minimum atomic E-state index is 0.211. The van der Waals surface area contributed by atoms with E-state index >= 15 is 0 Å². The van der Waals surface area contributed by atoms with E-state index in [1.54, 1.807) is 7.11 Å². The highest BCUT2D eigenvalue weighted by atomic mass is 127. The van der Waals surface area contributed by atoms with Crippen molar-refractivity contribution in [1.82, 2.24) is 5.32 Å². The van der Waals surface area contributed by atoms with Gasteiger partial charge >= 0.3 is 0 Å². The van der Waals surface area contributed by atoms with Crippen LogP contribution in [-0.4, -0.2) is 14.2 Å². The first-order valence-corrected chi connectivity index (χ1v) is 7.31. The number of rotatable bonds is 4. The smallest absolute Gasteiger partial charge is 0.119 e. The Bertz CT molecular complexity index is 551. The number of ether oxygens (including phenoxy) is 1. The van der Waals surface area contributed by atoms with Gasteiger partial charge in [0.05, 0.1) is 13.2 Å². The summed E-state index contributed by atoms with van der Waals surface area (Å²) in [5.74, 6) is 0.902. The zero-order valence-corrected chi connectivity index (χ0v) is 13.6.